The Balaban J connectivity index is 1.87. The molecule has 1 aliphatic heterocycles. The third kappa shape index (κ3) is 3.18. The number of rotatable bonds is 3. The van der Waals surface area contributed by atoms with Crippen molar-refractivity contribution in [2.75, 3.05) is 25.1 Å². The molecule has 0 unspecified atom stereocenters. The van der Waals surface area contributed by atoms with Crippen molar-refractivity contribution in [2.24, 2.45) is 0 Å². The Morgan fingerprint density at radius 3 is 3.00 bits per heavy atom. The Morgan fingerprint density at radius 2 is 2.33 bits per heavy atom. The summed E-state index contributed by atoms with van der Waals surface area (Å²) < 4.78 is 5.32. The standard InChI is InChI=1S/C10H12ClN3O/c11-9-3-4-10(14-13-9)12-6-8-2-1-5-15-7-8/h2-4H,1,5-7H2,(H,12,14). The van der Waals surface area contributed by atoms with Crippen LogP contribution in [-0.2, 0) is 4.74 Å². The van der Waals surface area contributed by atoms with Gasteiger partial charge < -0.3 is 10.1 Å². The minimum Gasteiger partial charge on any atom is -0.377 e. The number of nitrogens with zero attached hydrogens (tertiary/aromatic N) is 2. The first-order valence-corrected chi connectivity index (χ1v) is 5.21. The monoisotopic (exact) mass is 225 g/mol. The van der Waals surface area contributed by atoms with Gasteiger partial charge in [0.2, 0.25) is 0 Å². The van der Waals surface area contributed by atoms with Crippen LogP contribution in [0.25, 0.3) is 0 Å². The molecule has 4 nitrogen and oxygen atoms in total. The van der Waals surface area contributed by atoms with Gasteiger partial charge in [0, 0.05) is 6.54 Å². The van der Waals surface area contributed by atoms with Crippen LogP contribution in [0.4, 0.5) is 5.82 Å². The van der Waals surface area contributed by atoms with Gasteiger partial charge >= 0.3 is 0 Å². The molecule has 1 aromatic rings. The predicted octanol–water partition coefficient (Wildman–Crippen LogP) is 1.89. The van der Waals surface area contributed by atoms with E-state index in [1.807, 2.05) is 0 Å². The van der Waals surface area contributed by atoms with E-state index in [-0.39, 0.29) is 0 Å². The summed E-state index contributed by atoms with van der Waals surface area (Å²) in [6.45, 7) is 2.27. The molecule has 0 atom stereocenters. The van der Waals surface area contributed by atoms with Crippen molar-refractivity contribution in [3.63, 3.8) is 0 Å². The summed E-state index contributed by atoms with van der Waals surface area (Å²) in [5.41, 5.74) is 1.25. The largest absolute Gasteiger partial charge is 0.377 e. The minimum atomic E-state index is 0.403. The summed E-state index contributed by atoms with van der Waals surface area (Å²) in [5.74, 6) is 0.728. The molecular weight excluding hydrogens is 214 g/mol. The lowest BCUT2D eigenvalue weighted by molar-refractivity contribution is 0.150. The first-order chi connectivity index (χ1) is 7.34. The van der Waals surface area contributed by atoms with Crippen LogP contribution in [0.5, 0.6) is 0 Å². The number of hydrogen-bond donors (Lipinski definition) is 1. The first-order valence-electron chi connectivity index (χ1n) is 4.83. The van der Waals surface area contributed by atoms with Gasteiger partial charge in [0.1, 0.15) is 5.82 Å². The highest BCUT2D eigenvalue weighted by atomic mass is 35.5. The number of hydrogen-bond acceptors (Lipinski definition) is 4. The molecule has 0 aromatic carbocycles. The smallest absolute Gasteiger partial charge is 0.151 e. The lowest BCUT2D eigenvalue weighted by atomic mass is 10.2. The molecule has 0 fully saturated rings. The van der Waals surface area contributed by atoms with E-state index < -0.39 is 0 Å². The molecule has 0 amide bonds. The molecule has 5 heteroatoms. The van der Waals surface area contributed by atoms with Crippen molar-refractivity contribution in [3.8, 4) is 0 Å². The molecule has 0 saturated carbocycles. The molecule has 1 aliphatic rings. The van der Waals surface area contributed by atoms with Crippen LogP contribution in [0, 0.1) is 0 Å². The molecule has 0 spiro atoms. The topological polar surface area (TPSA) is 47.0 Å². The maximum absolute atomic E-state index is 5.63. The van der Waals surface area contributed by atoms with Gasteiger partial charge in [-0.2, -0.15) is 0 Å². The molecule has 0 radical (unpaired) electrons. The summed E-state index contributed by atoms with van der Waals surface area (Å²) in [7, 11) is 0. The zero-order valence-corrected chi connectivity index (χ0v) is 9.00. The molecule has 2 heterocycles. The Kier molecular flexibility index (Phi) is 3.53. The van der Waals surface area contributed by atoms with E-state index in [0.717, 1.165) is 25.4 Å². The first kappa shape index (κ1) is 10.4. The van der Waals surface area contributed by atoms with Crippen molar-refractivity contribution in [1.29, 1.82) is 0 Å². The number of anilines is 1. The second kappa shape index (κ2) is 5.09. The number of nitrogens with one attached hydrogen (secondary N) is 1. The normalized spacial score (nSPS) is 15.9. The molecule has 0 bridgehead atoms. The average molecular weight is 226 g/mol. The zero-order valence-electron chi connectivity index (χ0n) is 8.24. The highest BCUT2D eigenvalue weighted by Crippen LogP contribution is 2.09. The third-order valence-corrected chi connectivity index (χ3v) is 2.31. The van der Waals surface area contributed by atoms with Crippen molar-refractivity contribution in [2.45, 2.75) is 6.42 Å². The van der Waals surface area contributed by atoms with E-state index in [0.29, 0.717) is 11.8 Å². The summed E-state index contributed by atoms with van der Waals surface area (Å²) in [6, 6.07) is 3.52. The van der Waals surface area contributed by atoms with Crippen LogP contribution < -0.4 is 5.32 Å². The predicted molar refractivity (Wildman–Crippen MR) is 59.1 cm³/mol. The number of aromatic nitrogens is 2. The summed E-state index contributed by atoms with van der Waals surface area (Å²) in [5, 5.41) is 11.2. The summed E-state index contributed by atoms with van der Waals surface area (Å²) in [6.07, 6.45) is 3.18. The van der Waals surface area contributed by atoms with Crippen LogP contribution in [0.3, 0.4) is 0 Å². The van der Waals surface area contributed by atoms with E-state index >= 15 is 0 Å². The molecule has 1 aromatic heterocycles. The van der Waals surface area contributed by atoms with Crippen molar-refractivity contribution >= 4 is 17.4 Å². The SMILES string of the molecule is Clc1ccc(NCC2=CCCOC2)nn1. The maximum atomic E-state index is 5.63. The van der Waals surface area contributed by atoms with Gasteiger partial charge in [0.15, 0.2) is 5.15 Å². The number of ether oxygens (including phenoxy) is 1. The van der Waals surface area contributed by atoms with E-state index in [4.69, 9.17) is 16.3 Å². The fourth-order valence-corrected chi connectivity index (χ4v) is 1.45. The average Bonchev–Trinajstić information content (AvgIpc) is 2.30. The van der Waals surface area contributed by atoms with E-state index in [2.05, 4.69) is 21.6 Å². The molecule has 0 saturated heterocycles. The fraction of sp³-hybridized carbons (Fsp3) is 0.400. The van der Waals surface area contributed by atoms with Crippen molar-refractivity contribution in [3.05, 3.63) is 28.9 Å². The second-order valence-electron chi connectivity index (χ2n) is 3.30. The molecule has 2 rings (SSSR count). The van der Waals surface area contributed by atoms with E-state index in [9.17, 15) is 0 Å². The van der Waals surface area contributed by atoms with Gasteiger partial charge in [-0.25, -0.2) is 0 Å². The highest BCUT2D eigenvalue weighted by molar-refractivity contribution is 6.29. The van der Waals surface area contributed by atoms with E-state index in [1.165, 1.54) is 5.57 Å². The Labute approximate surface area is 93.3 Å². The minimum absolute atomic E-state index is 0.403. The Hall–Kier alpha value is -1.13. The van der Waals surface area contributed by atoms with Crippen LogP contribution in [0.15, 0.2) is 23.8 Å². The van der Waals surface area contributed by atoms with Gasteiger partial charge in [-0.3, -0.25) is 0 Å². The Bertz CT molecular complexity index is 350. The fourth-order valence-electron chi connectivity index (χ4n) is 1.35. The highest BCUT2D eigenvalue weighted by Gasteiger charge is 2.03. The Morgan fingerprint density at radius 1 is 1.40 bits per heavy atom. The molecule has 1 N–H and O–H groups in total. The van der Waals surface area contributed by atoms with E-state index in [1.54, 1.807) is 12.1 Å². The lowest BCUT2D eigenvalue weighted by Gasteiger charge is -2.14. The van der Waals surface area contributed by atoms with Crippen molar-refractivity contribution < 1.29 is 4.74 Å². The van der Waals surface area contributed by atoms with Crippen LogP contribution in [0.1, 0.15) is 6.42 Å². The van der Waals surface area contributed by atoms with Crippen molar-refractivity contribution in [1.82, 2.24) is 10.2 Å². The number of halogens is 1. The second-order valence-corrected chi connectivity index (χ2v) is 3.69. The zero-order chi connectivity index (χ0) is 10.5. The van der Waals surface area contributed by atoms with Gasteiger partial charge in [-0.05, 0) is 24.1 Å². The summed E-state index contributed by atoms with van der Waals surface area (Å²) >= 11 is 5.63. The van der Waals surface area contributed by atoms with Gasteiger partial charge in [-0.1, -0.05) is 17.7 Å². The van der Waals surface area contributed by atoms with Gasteiger partial charge in [0.05, 0.1) is 13.2 Å². The molecule has 15 heavy (non-hydrogen) atoms. The maximum Gasteiger partial charge on any atom is 0.151 e. The third-order valence-electron chi connectivity index (χ3n) is 2.11. The molecular formula is C10H12ClN3O. The van der Waals surface area contributed by atoms with Gasteiger partial charge in [-0.15, -0.1) is 10.2 Å². The van der Waals surface area contributed by atoms with Crippen LogP contribution in [-0.4, -0.2) is 30.0 Å². The summed E-state index contributed by atoms with van der Waals surface area (Å²) in [4.78, 5) is 0. The van der Waals surface area contributed by atoms with Crippen LogP contribution in [0.2, 0.25) is 5.15 Å². The van der Waals surface area contributed by atoms with Crippen LogP contribution >= 0.6 is 11.6 Å². The lowest BCUT2D eigenvalue weighted by Crippen LogP contribution is -2.14. The quantitative estimate of drug-likeness (QED) is 0.799. The van der Waals surface area contributed by atoms with Gasteiger partial charge in [0.25, 0.3) is 0 Å². The molecule has 80 valence electrons. The molecule has 0 aliphatic carbocycles.